The van der Waals surface area contributed by atoms with Gasteiger partial charge in [-0.2, -0.15) is 0 Å². The summed E-state index contributed by atoms with van der Waals surface area (Å²) in [6, 6.07) is 9.49. The Labute approximate surface area is 127 Å². The average Bonchev–Trinajstić information content (AvgIpc) is 2.45. The summed E-state index contributed by atoms with van der Waals surface area (Å²) in [5.41, 5.74) is 6.51. The van der Waals surface area contributed by atoms with Crippen LogP contribution in [0.3, 0.4) is 0 Å². The van der Waals surface area contributed by atoms with Crippen molar-refractivity contribution in [1.29, 1.82) is 0 Å². The predicted molar refractivity (Wildman–Crippen MR) is 84.3 cm³/mol. The summed E-state index contributed by atoms with van der Waals surface area (Å²) in [6.45, 7) is 0.234. The SMILES string of the molecule is Nc1nc2ccccc2cc1Cn1cc(Br)c(=O)[nH]c1=O. The molecule has 0 saturated heterocycles. The highest BCUT2D eigenvalue weighted by molar-refractivity contribution is 9.10. The number of rotatable bonds is 2. The third-order valence-electron chi connectivity index (χ3n) is 3.14. The lowest BCUT2D eigenvalue weighted by atomic mass is 10.1. The van der Waals surface area contributed by atoms with Crippen molar-refractivity contribution in [2.45, 2.75) is 6.54 Å². The number of benzene rings is 1. The molecule has 2 aromatic heterocycles. The van der Waals surface area contributed by atoms with Crippen LogP contribution in [0, 0.1) is 0 Å². The Balaban J connectivity index is 2.10. The zero-order chi connectivity index (χ0) is 15.0. The fourth-order valence-electron chi connectivity index (χ4n) is 2.08. The molecular formula is C14H11BrN4O2. The number of nitrogens with two attached hydrogens (primary N) is 1. The second kappa shape index (κ2) is 5.17. The fourth-order valence-corrected chi connectivity index (χ4v) is 2.43. The molecule has 0 aliphatic heterocycles. The molecule has 3 rings (SSSR count). The Morgan fingerprint density at radius 3 is 2.86 bits per heavy atom. The summed E-state index contributed by atoms with van der Waals surface area (Å²) in [6.07, 6.45) is 1.44. The molecule has 3 aromatic rings. The predicted octanol–water partition coefficient (Wildman–Crippen LogP) is 1.48. The van der Waals surface area contributed by atoms with Gasteiger partial charge < -0.3 is 5.73 Å². The molecule has 0 aliphatic carbocycles. The van der Waals surface area contributed by atoms with E-state index in [1.165, 1.54) is 10.8 Å². The summed E-state index contributed by atoms with van der Waals surface area (Å²) in [5, 5.41) is 0.943. The molecule has 3 N–H and O–H groups in total. The minimum Gasteiger partial charge on any atom is -0.383 e. The number of aromatic amines is 1. The molecule has 21 heavy (non-hydrogen) atoms. The average molecular weight is 347 g/mol. The van der Waals surface area contributed by atoms with E-state index in [1.54, 1.807) is 0 Å². The lowest BCUT2D eigenvalue weighted by Crippen LogP contribution is -2.30. The first-order valence-corrected chi connectivity index (χ1v) is 6.97. The van der Waals surface area contributed by atoms with Gasteiger partial charge in [-0.15, -0.1) is 0 Å². The standard InChI is InChI=1S/C14H11BrN4O2/c15-10-7-19(14(21)18-13(10)20)6-9-5-8-3-1-2-4-11(8)17-12(9)16/h1-5,7H,6H2,(H2,16,17)(H,18,20,21). The molecule has 0 unspecified atom stereocenters. The molecule has 0 spiro atoms. The molecule has 0 aliphatic rings. The lowest BCUT2D eigenvalue weighted by Gasteiger charge is -2.09. The second-order valence-corrected chi connectivity index (χ2v) is 5.44. The number of nitrogens with one attached hydrogen (secondary N) is 1. The van der Waals surface area contributed by atoms with E-state index in [1.807, 2.05) is 30.3 Å². The monoisotopic (exact) mass is 346 g/mol. The van der Waals surface area contributed by atoms with Gasteiger partial charge in [-0.3, -0.25) is 14.3 Å². The summed E-state index contributed by atoms with van der Waals surface area (Å²) < 4.78 is 1.66. The van der Waals surface area contributed by atoms with Gasteiger partial charge in [-0.1, -0.05) is 18.2 Å². The number of H-pyrrole nitrogens is 1. The minimum absolute atomic E-state index is 0.234. The van der Waals surface area contributed by atoms with Crippen LogP contribution in [0.5, 0.6) is 0 Å². The van der Waals surface area contributed by atoms with Gasteiger partial charge in [0, 0.05) is 17.1 Å². The molecule has 0 radical (unpaired) electrons. The highest BCUT2D eigenvalue weighted by Gasteiger charge is 2.07. The van der Waals surface area contributed by atoms with Gasteiger partial charge >= 0.3 is 5.69 Å². The van der Waals surface area contributed by atoms with Gasteiger partial charge in [0.1, 0.15) is 5.82 Å². The van der Waals surface area contributed by atoms with Gasteiger partial charge in [-0.25, -0.2) is 9.78 Å². The largest absolute Gasteiger partial charge is 0.383 e. The van der Waals surface area contributed by atoms with E-state index in [0.29, 0.717) is 5.82 Å². The quantitative estimate of drug-likeness (QED) is 0.734. The maximum Gasteiger partial charge on any atom is 0.328 e. The fraction of sp³-hybridized carbons (Fsp3) is 0.0714. The summed E-state index contributed by atoms with van der Waals surface area (Å²) in [5.74, 6) is 0.364. The lowest BCUT2D eigenvalue weighted by molar-refractivity contribution is 0.716. The molecule has 6 nitrogen and oxygen atoms in total. The van der Waals surface area contributed by atoms with Crippen molar-refractivity contribution < 1.29 is 0 Å². The van der Waals surface area contributed by atoms with Crippen LogP contribution in [-0.4, -0.2) is 14.5 Å². The van der Waals surface area contributed by atoms with Gasteiger partial charge in [0.05, 0.1) is 16.5 Å². The highest BCUT2D eigenvalue weighted by Crippen LogP contribution is 2.18. The Morgan fingerprint density at radius 2 is 2.05 bits per heavy atom. The first kappa shape index (κ1) is 13.6. The highest BCUT2D eigenvalue weighted by atomic mass is 79.9. The van der Waals surface area contributed by atoms with Crippen molar-refractivity contribution in [1.82, 2.24) is 14.5 Å². The van der Waals surface area contributed by atoms with Crippen molar-refractivity contribution in [2.75, 3.05) is 5.73 Å². The van der Waals surface area contributed by atoms with E-state index in [0.717, 1.165) is 16.5 Å². The number of aromatic nitrogens is 3. The third-order valence-corrected chi connectivity index (χ3v) is 3.71. The number of anilines is 1. The molecule has 106 valence electrons. The maximum absolute atomic E-state index is 11.8. The van der Waals surface area contributed by atoms with Crippen molar-refractivity contribution in [2.24, 2.45) is 0 Å². The van der Waals surface area contributed by atoms with Crippen LogP contribution in [0.4, 0.5) is 5.82 Å². The summed E-state index contributed by atoms with van der Waals surface area (Å²) >= 11 is 3.10. The normalized spacial score (nSPS) is 10.9. The minimum atomic E-state index is -0.490. The van der Waals surface area contributed by atoms with Crippen molar-refractivity contribution >= 4 is 32.7 Å². The van der Waals surface area contributed by atoms with Crippen molar-refractivity contribution in [3.8, 4) is 0 Å². The zero-order valence-corrected chi connectivity index (χ0v) is 12.4. The number of nitrogens with zero attached hydrogens (tertiary/aromatic N) is 2. The summed E-state index contributed by atoms with van der Waals surface area (Å²) in [4.78, 5) is 29.7. The van der Waals surface area contributed by atoms with E-state index in [-0.39, 0.29) is 11.0 Å². The van der Waals surface area contributed by atoms with Crippen LogP contribution in [-0.2, 0) is 6.54 Å². The van der Waals surface area contributed by atoms with Gasteiger partial charge in [0.15, 0.2) is 0 Å². The Hall–Kier alpha value is -2.41. The van der Waals surface area contributed by atoms with Crippen LogP contribution in [0.1, 0.15) is 5.56 Å². The Kier molecular flexibility index (Phi) is 3.34. The third kappa shape index (κ3) is 2.59. The second-order valence-electron chi connectivity index (χ2n) is 4.59. The van der Waals surface area contributed by atoms with Crippen LogP contribution < -0.4 is 17.0 Å². The van der Waals surface area contributed by atoms with E-state index in [2.05, 4.69) is 25.9 Å². The van der Waals surface area contributed by atoms with E-state index < -0.39 is 11.2 Å². The van der Waals surface area contributed by atoms with Crippen molar-refractivity contribution in [3.63, 3.8) is 0 Å². The molecule has 2 heterocycles. The zero-order valence-electron chi connectivity index (χ0n) is 10.8. The van der Waals surface area contributed by atoms with E-state index >= 15 is 0 Å². The Bertz CT molecular complexity index is 946. The number of fused-ring (bicyclic) bond motifs is 1. The van der Waals surface area contributed by atoms with Gasteiger partial charge in [-0.05, 0) is 28.1 Å². The van der Waals surface area contributed by atoms with Gasteiger partial charge in [0.2, 0.25) is 0 Å². The molecule has 0 atom stereocenters. The number of pyridine rings is 1. The van der Waals surface area contributed by atoms with Gasteiger partial charge in [0.25, 0.3) is 5.56 Å². The molecule has 7 heteroatoms. The summed E-state index contributed by atoms with van der Waals surface area (Å²) in [7, 11) is 0. The molecule has 1 aromatic carbocycles. The Morgan fingerprint density at radius 1 is 1.29 bits per heavy atom. The molecular weight excluding hydrogens is 336 g/mol. The number of hydrogen-bond acceptors (Lipinski definition) is 4. The first-order chi connectivity index (χ1) is 10.0. The molecule has 0 bridgehead atoms. The van der Waals surface area contributed by atoms with Crippen molar-refractivity contribution in [3.05, 3.63) is 67.4 Å². The van der Waals surface area contributed by atoms with Crippen LogP contribution in [0.25, 0.3) is 10.9 Å². The topological polar surface area (TPSA) is 93.8 Å². The van der Waals surface area contributed by atoms with Crippen LogP contribution in [0.15, 0.2) is 50.6 Å². The molecule has 0 fully saturated rings. The number of halogens is 1. The van der Waals surface area contributed by atoms with E-state index in [9.17, 15) is 9.59 Å². The number of nitrogen functional groups attached to an aromatic ring is 1. The van der Waals surface area contributed by atoms with Crippen LogP contribution in [0.2, 0.25) is 0 Å². The number of hydrogen-bond donors (Lipinski definition) is 2. The number of para-hydroxylation sites is 1. The first-order valence-electron chi connectivity index (χ1n) is 6.18. The van der Waals surface area contributed by atoms with Crippen LogP contribution >= 0.6 is 15.9 Å². The molecule has 0 amide bonds. The maximum atomic E-state index is 11.8. The van der Waals surface area contributed by atoms with E-state index in [4.69, 9.17) is 5.73 Å². The smallest absolute Gasteiger partial charge is 0.328 e. The molecule has 0 saturated carbocycles.